The zero-order valence-electron chi connectivity index (χ0n) is 20.2. The summed E-state index contributed by atoms with van der Waals surface area (Å²) in [6.07, 6.45) is 4.90. The van der Waals surface area contributed by atoms with Crippen molar-refractivity contribution in [2.45, 2.75) is 44.1 Å². The molecule has 0 spiro atoms. The van der Waals surface area contributed by atoms with Gasteiger partial charge in [-0.3, -0.25) is 9.78 Å². The van der Waals surface area contributed by atoms with Crippen LogP contribution in [0.1, 0.15) is 37.8 Å². The summed E-state index contributed by atoms with van der Waals surface area (Å²) in [6.45, 7) is -0.0903. The number of fused-ring (bicyclic) bond motifs is 1. The minimum Gasteiger partial charge on any atom is -0.395 e. The van der Waals surface area contributed by atoms with Gasteiger partial charge in [-0.15, -0.1) is 0 Å². The molecule has 3 heterocycles. The molecule has 0 N–H and O–H groups in total. The molecule has 7 nitrogen and oxygen atoms in total. The van der Waals surface area contributed by atoms with Gasteiger partial charge in [0.1, 0.15) is 23.0 Å². The highest BCUT2D eigenvalue weighted by Gasteiger charge is 2.57. The Kier molecular flexibility index (Phi) is 6.68. The quantitative estimate of drug-likeness (QED) is 0.250. The number of anilines is 1. The van der Waals surface area contributed by atoms with Crippen LogP contribution in [0.3, 0.4) is 0 Å². The lowest BCUT2D eigenvalue weighted by atomic mass is 9.81. The van der Waals surface area contributed by atoms with Crippen LogP contribution in [0.5, 0.6) is 0 Å². The first-order valence-corrected chi connectivity index (χ1v) is 12.5. The van der Waals surface area contributed by atoms with Crippen LogP contribution in [0.15, 0.2) is 52.5 Å². The molecule has 3 aromatic heterocycles. The molecule has 2 fully saturated rings. The number of hydrogen-bond donors (Lipinski definition) is 0. The van der Waals surface area contributed by atoms with Crippen LogP contribution in [-0.4, -0.2) is 45.9 Å². The van der Waals surface area contributed by atoms with Crippen molar-refractivity contribution < 1.29 is 13.6 Å². The second-order valence-corrected chi connectivity index (χ2v) is 10.1. The molecule has 1 atom stereocenters. The van der Waals surface area contributed by atoms with Crippen LogP contribution < -0.4 is 10.5 Å². The van der Waals surface area contributed by atoms with E-state index in [1.54, 1.807) is 29.9 Å². The van der Waals surface area contributed by atoms with E-state index >= 15 is 0 Å². The molecule has 0 aliphatic heterocycles. The van der Waals surface area contributed by atoms with Gasteiger partial charge in [-0.1, -0.05) is 22.8 Å². The molecule has 2 aliphatic rings. The fourth-order valence-corrected chi connectivity index (χ4v) is 5.13. The topological polar surface area (TPSA) is 72.6 Å². The molecule has 0 saturated heterocycles. The Morgan fingerprint density at radius 2 is 2.00 bits per heavy atom. The van der Waals surface area contributed by atoms with E-state index in [-0.39, 0.29) is 30.5 Å². The standard InChI is InChI=1S/C26H28ClF2N5O2/c1-33(21-13-23(35)34(2)20-10-11-22(27)31-25(20)21)18-8-6-16(7-9-18)24(19-5-3-4-12-30-19)32-36-15-17-14-26(17,28)29/h3-5,10-13,16-18H,6-9,14-15H2,1-2H3/b32-24-/t16?,17-,18?/m0/s1. The Bertz CT molecular complexity index is 1340. The maximum absolute atomic E-state index is 13.2. The third kappa shape index (κ3) is 4.93. The number of oxime groups is 1. The van der Waals surface area contributed by atoms with Crippen LogP contribution in [0, 0.1) is 11.8 Å². The zero-order chi connectivity index (χ0) is 25.4. The number of aryl methyl sites for hydroxylation is 1. The molecular weight excluding hydrogens is 488 g/mol. The van der Waals surface area contributed by atoms with E-state index in [2.05, 4.69) is 20.0 Å². The molecule has 36 heavy (non-hydrogen) atoms. The van der Waals surface area contributed by atoms with Crippen LogP contribution in [0.4, 0.5) is 14.5 Å². The maximum atomic E-state index is 13.2. The van der Waals surface area contributed by atoms with Gasteiger partial charge in [0.15, 0.2) is 0 Å². The number of aromatic nitrogens is 3. The Hall–Kier alpha value is -3.07. The van der Waals surface area contributed by atoms with Gasteiger partial charge in [-0.2, -0.15) is 0 Å². The van der Waals surface area contributed by atoms with Crippen molar-refractivity contribution in [2.24, 2.45) is 24.0 Å². The Labute approximate surface area is 212 Å². The summed E-state index contributed by atoms with van der Waals surface area (Å²) in [5.74, 6) is -3.30. The van der Waals surface area contributed by atoms with E-state index in [0.717, 1.165) is 36.9 Å². The first-order valence-electron chi connectivity index (χ1n) is 12.1. The normalized spacial score (nSPS) is 23.5. The van der Waals surface area contributed by atoms with E-state index in [1.807, 2.05) is 31.3 Å². The van der Waals surface area contributed by atoms with Gasteiger partial charge in [0.05, 0.1) is 22.8 Å². The predicted octanol–water partition coefficient (Wildman–Crippen LogP) is 5.05. The van der Waals surface area contributed by atoms with Crippen molar-refractivity contribution in [3.05, 3.63) is 63.8 Å². The van der Waals surface area contributed by atoms with Gasteiger partial charge >= 0.3 is 0 Å². The molecule has 190 valence electrons. The van der Waals surface area contributed by atoms with E-state index < -0.39 is 11.8 Å². The first kappa shape index (κ1) is 24.6. The Balaban J connectivity index is 1.33. The molecule has 10 heteroatoms. The minimum absolute atomic E-state index is 0.0903. The van der Waals surface area contributed by atoms with Crippen LogP contribution in [0.25, 0.3) is 11.0 Å². The van der Waals surface area contributed by atoms with Crippen molar-refractivity contribution in [3.63, 3.8) is 0 Å². The van der Waals surface area contributed by atoms with Crippen molar-refractivity contribution in [1.29, 1.82) is 0 Å². The van der Waals surface area contributed by atoms with Crippen LogP contribution in [0.2, 0.25) is 5.15 Å². The SMILES string of the molecule is CN(c1cc(=O)n(C)c2ccc(Cl)nc12)C1CCC(/C(=N/OC[C@@H]2CC2(F)F)c2ccccn2)CC1. The van der Waals surface area contributed by atoms with E-state index in [4.69, 9.17) is 16.4 Å². The summed E-state index contributed by atoms with van der Waals surface area (Å²) in [4.78, 5) is 29.1. The molecule has 0 amide bonds. The lowest BCUT2D eigenvalue weighted by molar-refractivity contribution is 0.0566. The van der Waals surface area contributed by atoms with Crippen molar-refractivity contribution in [1.82, 2.24) is 14.5 Å². The van der Waals surface area contributed by atoms with Gasteiger partial charge < -0.3 is 14.3 Å². The van der Waals surface area contributed by atoms with E-state index in [1.165, 1.54) is 0 Å². The van der Waals surface area contributed by atoms with Crippen molar-refractivity contribution >= 4 is 34.0 Å². The van der Waals surface area contributed by atoms with E-state index in [9.17, 15) is 13.6 Å². The van der Waals surface area contributed by atoms with Gasteiger partial charge in [0, 0.05) is 44.7 Å². The highest BCUT2D eigenvalue weighted by molar-refractivity contribution is 6.29. The van der Waals surface area contributed by atoms with Gasteiger partial charge in [0.25, 0.3) is 11.5 Å². The molecule has 0 radical (unpaired) electrons. The Morgan fingerprint density at radius 1 is 1.25 bits per heavy atom. The molecular formula is C26H28ClF2N5O2. The fourth-order valence-electron chi connectivity index (χ4n) is 4.98. The summed E-state index contributed by atoms with van der Waals surface area (Å²) in [7, 11) is 3.70. The number of rotatable bonds is 7. The summed E-state index contributed by atoms with van der Waals surface area (Å²) >= 11 is 6.18. The van der Waals surface area contributed by atoms with Crippen molar-refractivity contribution in [3.8, 4) is 0 Å². The Morgan fingerprint density at radius 3 is 2.67 bits per heavy atom. The molecule has 0 aromatic carbocycles. The number of alkyl halides is 2. The zero-order valence-corrected chi connectivity index (χ0v) is 21.0. The smallest absolute Gasteiger partial charge is 0.255 e. The molecule has 2 aliphatic carbocycles. The van der Waals surface area contributed by atoms with E-state index in [0.29, 0.717) is 22.1 Å². The highest BCUT2D eigenvalue weighted by atomic mass is 35.5. The minimum atomic E-state index is -2.63. The molecule has 0 unspecified atom stereocenters. The molecule has 2 saturated carbocycles. The third-order valence-corrected chi connectivity index (χ3v) is 7.58. The first-order chi connectivity index (χ1) is 17.2. The summed E-state index contributed by atoms with van der Waals surface area (Å²) in [5, 5.41) is 4.68. The van der Waals surface area contributed by atoms with Crippen molar-refractivity contribution in [2.75, 3.05) is 18.6 Å². The average Bonchev–Trinajstić information content (AvgIpc) is 3.50. The average molecular weight is 516 g/mol. The van der Waals surface area contributed by atoms with Gasteiger partial charge in [-0.05, 0) is 49.9 Å². The lowest BCUT2D eigenvalue weighted by Gasteiger charge is -2.36. The van der Waals surface area contributed by atoms with Crippen LogP contribution in [-0.2, 0) is 11.9 Å². The number of nitrogens with zero attached hydrogens (tertiary/aromatic N) is 5. The molecule has 5 rings (SSSR count). The predicted molar refractivity (Wildman–Crippen MR) is 136 cm³/mol. The summed E-state index contributed by atoms with van der Waals surface area (Å²) < 4.78 is 28.1. The second-order valence-electron chi connectivity index (χ2n) is 9.69. The number of pyridine rings is 3. The monoisotopic (exact) mass is 515 g/mol. The van der Waals surface area contributed by atoms with Gasteiger partial charge in [-0.25, -0.2) is 13.8 Å². The third-order valence-electron chi connectivity index (χ3n) is 7.37. The molecule has 0 bridgehead atoms. The summed E-state index contributed by atoms with van der Waals surface area (Å²) in [6, 6.07) is 10.9. The molecule has 3 aromatic rings. The highest BCUT2D eigenvalue weighted by Crippen LogP contribution is 2.48. The second kappa shape index (κ2) is 9.76. The summed E-state index contributed by atoms with van der Waals surface area (Å²) in [5.41, 5.74) is 3.47. The maximum Gasteiger partial charge on any atom is 0.255 e. The van der Waals surface area contributed by atoms with Crippen LogP contribution >= 0.6 is 11.6 Å². The van der Waals surface area contributed by atoms with Gasteiger partial charge in [0.2, 0.25) is 0 Å². The largest absolute Gasteiger partial charge is 0.395 e. The fraction of sp³-hybridized carbons (Fsp3) is 0.462. The number of hydrogen-bond acceptors (Lipinski definition) is 6. The lowest BCUT2D eigenvalue weighted by Crippen LogP contribution is -2.38. The number of halogens is 3.